The van der Waals surface area contributed by atoms with Gasteiger partial charge in [-0.25, -0.2) is 9.97 Å². The maximum Gasteiger partial charge on any atom is 0.433 e. The molecule has 0 amide bonds. The summed E-state index contributed by atoms with van der Waals surface area (Å²) in [5.74, 6) is 2.96. The largest absolute Gasteiger partial charge is 0.493 e. The van der Waals surface area contributed by atoms with Gasteiger partial charge in [0.2, 0.25) is 0 Å². The molecule has 0 radical (unpaired) electrons. The van der Waals surface area contributed by atoms with Gasteiger partial charge in [-0.1, -0.05) is 0 Å². The molecule has 3 heterocycles. The van der Waals surface area contributed by atoms with Crippen LogP contribution in [0.5, 0.6) is 5.75 Å². The van der Waals surface area contributed by atoms with Crippen LogP contribution in [0.15, 0.2) is 30.6 Å². The van der Waals surface area contributed by atoms with Crippen molar-refractivity contribution in [2.24, 2.45) is 5.92 Å². The quantitative estimate of drug-likeness (QED) is 0.785. The molecule has 0 spiro atoms. The minimum atomic E-state index is -4.46. The van der Waals surface area contributed by atoms with Crippen molar-refractivity contribution in [2.75, 3.05) is 24.6 Å². The number of nitrogens with zero attached hydrogens (tertiary/aromatic N) is 4. The van der Waals surface area contributed by atoms with E-state index in [1.165, 1.54) is 18.9 Å². The van der Waals surface area contributed by atoms with Crippen molar-refractivity contribution in [3.8, 4) is 5.75 Å². The number of ether oxygens (including phenoxy) is 1. The highest BCUT2D eigenvalue weighted by Gasteiger charge is 2.33. The van der Waals surface area contributed by atoms with Crippen molar-refractivity contribution < 1.29 is 17.9 Å². The van der Waals surface area contributed by atoms with Crippen LogP contribution in [0, 0.1) is 5.92 Å². The highest BCUT2D eigenvalue weighted by Crippen LogP contribution is 2.38. The Morgan fingerprint density at radius 2 is 1.78 bits per heavy atom. The van der Waals surface area contributed by atoms with Crippen molar-refractivity contribution in [1.29, 1.82) is 0 Å². The first-order valence-electron chi connectivity index (χ1n) is 9.23. The molecular formula is C19H21F3N4O. The zero-order valence-corrected chi connectivity index (χ0v) is 14.8. The van der Waals surface area contributed by atoms with Gasteiger partial charge in [0.1, 0.15) is 23.1 Å². The fourth-order valence-corrected chi connectivity index (χ4v) is 3.28. The third-order valence-corrected chi connectivity index (χ3v) is 5.05. The van der Waals surface area contributed by atoms with E-state index in [2.05, 4.69) is 19.9 Å². The second-order valence-electron chi connectivity index (χ2n) is 7.16. The summed E-state index contributed by atoms with van der Waals surface area (Å²) in [5, 5.41) is 0. The van der Waals surface area contributed by atoms with Gasteiger partial charge in [0.05, 0.1) is 6.61 Å². The molecule has 1 saturated heterocycles. The Hall–Kier alpha value is -2.38. The molecule has 0 N–H and O–H groups in total. The molecule has 2 fully saturated rings. The number of halogens is 3. The topological polar surface area (TPSA) is 51.1 Å². The monoisotopic (exact) mass is 378 g/mol. The van der Waals surface area contributed by atoms with E-state index in [-0.39, 0.29) is 5.75 Å². The number of rotatable bonds is 5. The second kappa shape index (κ2) is 7.32. The predicted molar refractivity (Wildman–Crippen MR) is 93.7 cm³/mol. The average Bonchev–Trinajstić information content (AvgIpc) is 3.52. The first-order valence-corrected chi connectivity index (χ1v) is 9.23. The van der Waals surface area contributed by atoms with Crippen molar-refractivity contribution in [1.82, 2.24) is 15.0 Å². The molecule has 2 aliphatic rings. The van der Waals surface area contributed by atoms with Crippen molar-refractivity contribution >= 4 is 5.82 Å². The van der Waals surface area contributed by atoms with Crippen LogP contribution in [0.1, 0.15) is 43.1 Å². The highest BCUT2D eigenvalue weighted by atomic mass is 19.4. The SMILES string of the molecule is FC(F)(F)c1cc(OCC2CCN(c3ccnc(C4CC4)n3)CC2)ccn1. The van der Waals surface area contributed by atoms with E-state index >= 15 is 0 Å². The molecule has 1 aliphatic heterocycles. The summed E-state index contributed by atoms with van der Waals surface area (Å²) in [7, 11) is 0. The van der Waals surface area contributed by atoms with Crippen LogP contribution >= 0.6 is 0 Å². The summed E-state index contributed by atoms with van der Waals surface area (Å²) in [6, 6.07) is 4.36. The number of alkyl halides is 3. The van der Waals surface area contributed by atoms with Gasteiger partial charge < -0.3 is 9.64 Å². The Bertz CT molecular complexity index is 787. The standard InChI is InChI=1S/C19H21F3N4O/c20-19(21,22)16-11-15(3-7-23-16)27-12-13-5-9-26(10-6-13)17-4-8-24-18(25-17)14-1-2-14/h3-4,7-8,11,13-14H,1-2,5-6,9-10,12H2. The Morgan fingerprint density at radius 1 is 1.04 bits per heavy atom. The molecule has 4 rings (SSSR count). The number of piperidine rings is 1. The van der Waals surface area contributed by atoms with Crippen LogP contribution in [-0.2, 0) is 6.18 Å². The molecule has 0 atom stereocenters. The van der Waals surface area contributed by atoms with E-state index < -0.39 is 11.9 Å². The summed E-state index contributed by atoms with van der Waals surface area (Å²) in [4.78, 5) is 14.6. The smallest absolute Gasteiger partial charge is 0.433 e. The summed E-state index contributed by atoms with van der Waals surface area (Å²) in [5.41, 5.74) is -0.926. The molecule has 1 saturated carbocycles. The lowest BCUT2D eigenvalue weighted by Crippen LogP contribution is -2.36. The molecule has 0 unspecified atom stereocenters. The molecule has 2 aromatic heterocycles. The Morgan fingerprint density at radius 3 is 2.48 bits per heavy atom. The van der Waals surface area contributed by atoms with Gasteiger partial charge >= 0.3 is 6.18 Å². The summed E-state index contributed by atoms with van der Waals surface area (Å²) < 4.78 is 43.7. The van der Waals surface area contributed by atoms with E-state index in [0.29, 0.717) is 18.4 Å². The summed E-state index contributed by atoms with van der Waals surface area (Å²) in [6.07, 6.45) is 2.68. The number of hydrogen-bond acceptors (Lipinski definition) is 5. The Balaban J connectivity index is 1.29. The average molecular weight is 378 g/mol. The molecule has 8 heteroatoms. The lowest BCUT2D eigenvalue weighted by atomic mass is 9.98. The van der Waals surface area contributed by atoms with Crippen LogP contribution in [0.4, 0.5) is 19.0 Å². The highest BCUT2D eigenvalue weighted by molar-refractivity contribution is 5.38. The van der Waals surface area contributed by atoms with Crippen molar-refractivity contribution in [3.63, 3.8) is 0 Å². The zero-order valence-electron chi connectivity index (χ0n) is 14.8. The van der Waals surface area contributed by atoms with Crippen LogP contribution in [0.2, 0.25) is 0 Å². The van der Waals surface area contributed by atoms with Gasteiger partial charge in [-0.2, -0.15) is 13.2 Å². The van der Waals surface area contributed by atoms with E-state index in [4.69, 9.17) is 4.74 Å². The summed E-state index contributed by atoms with van der Waals surface area (Å²) >= 11 is 0. The van der Waals surface area contributed by atoms with Crippen LogP contribution in [0.3, 0.4) is 0 Å². The fraction of sp³-hybridized carbons (Fsp3) is 0.526. The van der Waals surface area contributed by atoms with Crippen LogP contribution in [-0.4, -0.2) is 34.6 Å². The van der Waals surface area contributed by atoms with E-state index in [1.54, 1.807) is 0 Å². The predicted octanol–water partition coefficient (Wildman–Crippen LogP) is 4.06. The number of aromatic nitrogens is 3. The minimum Gasteiger partial charge on any atom is -0.493 e. The summed E-state index contributed by atoms with van der Waals surface area (Å²) in [6.45, 7) is 2.13. The Kier molecular flexibility index (Phi) is 4.88. The molecule has 0 bridgehead atoms. The molecule has 27 heavy (non-hydrogen) atoms. The molecule has 1 aliphatic carbocycles. The third kappa shape index (κ3) is 4.48. The lowest BCUT2D eigenvalue weighted by Gasteiger charge is -2.32. The van der Waals surface area contributed by atoms with E-state index in [0.717, 1.165) is 49.8 Å². The molecule has 5 nitrogen and oxygen atoms in total. The maximum absolute atomic E-state index is 12.7. The number of pyridine rings is 1. The molecule has 144 valence electrons. The van der Waals surface area contributed by atoms with Gasteiger partial charge in [0.15, 0.2) is 0 Å². The Labute approximate surface area is 155 Å². The second-order valence-corrected chi connectivity index (χ2v) is 7.16. The first-order chi connectivity index (χ1) is 13.0. The fourth-order valence-electron chi connectivity index (χ4n) is 3.28. The normalized spacial score (nSPS) is 18.6. The van der Waals surface area contributed by atoms with Gasteiger partial charge in [-0.3, -0.25) is 4.98 Å². The van der Waals surface area contributed by atoms with Gasteiger partial charge in [0.25, 0.3) is 0 Å². The van der Waals surface area contributed by atoms with Gasteiger partial charge in [0, 0.05) is 37.5 Å². The van der Waals surface area contributed by atoms with Crippen LogP contribution in [0.25, 0.3) is 0 Å². The van der Waals surface area contributed by atoms with Crippen LogP contribution < -0.4 is 9.64 Å². The molecular weight excluding hydrogens is 357 g/mol. The van der Waals surface area contributed by atoms with E-state index in [1.807, 2.05) is 12.3 Å². The first kappa shape index (κ1) is 18.0. The van der Waals surface area contributed by atoms with E-state index in [9.17, 15) is 13.2 Å². The minimum absolute atomic E-state index is 0.213. The zero-order chi connectivity index (χ0) is 18.9. The number of anilines is 1. The number of hydrogen-bond donors (Lipinski definition) is 0. The third-order valence-electron chi connectivity index (χ3n) is 5.05. The maximum atomic E-state index is 12.7. The molecule has 0 aromatic carbocycles. The molecule has 2 aromatic rings. The van der Waals surface area contributed by atoms with Gasteiger partial charge in [-0.05, 0) is 43.7 Å². The van der Waals surface area contributed by atoms with Gasteiger partial charge in [-0.15, -0.1) is 0 Å². The lowest BCUT2D eigenvalue weighted by molar-refractivity contribution is -0.141. The van der Waals surface area contributed by atoms with Crippen molar-refractivity contribution in [2.45, 2.75) is 37.8 Å². The van der Waals surface area contributed by atoms with Crippen molar-refractivity contribution in [3.05, 3.63) is 42.1 Å².